The van der Waals surface area contributed by atoms with Gasteiger partial charge in [0.05, 0.1) is 5.69 Å². The van der Waals surface area contributed by atoms with E-state index in [-0.39, 0.29) is 5.41 Å². The predicted octanol–water partition coefficient (Wildman–Crippen LogP) is 3.81. The largest absolute Gasteiger partial charge is 0.310 e. The zero-order valence-corrected chi connectivity index (χ0v) is 14.8. The summed E-state index contributed by atoms with van der Waals surface area (Å²) in [5.41, 5.74) is 2.59. The van der Waals surface area contributed by atoms with E-state index < -0.39 is 0 Å². The predicted molar refractivity (Wildman–Crippen MR) is 91.0 cm³/mol. The van der Waals surface area contributed by atoms with Crippen molar-refractivity contribution >= 4 is 11.3 Å². The average molecular weight is 305 g/mol. The van der Waals surface area contributed by atoms with Gasteiger partial charge in [-0.25, -0.2) is 0 Å². The van der Waals surface area contributed by atoms with Crippen molar-refractivity contribution in [3.8, 4) is 0 Å². The third-order valence-electron chi connectivity index (χ3n) is 3.56. The van der Waals surface area contributed by atoms with Crippen molar-refractivity contribution in [1.29, 1.82) is 0 Å². The third-order valence-corrected chi connectivity index (χ3v) is 4.58. The van der Waals surface area contributed by atoms with Gasteiger partial charge < -0.3 is 5.32 Å². The van der Waals surface area contributed by atoms with E-state index >= 15 is 0 Å². The summed E-state index contributed by atoms with van der Waals surface area (Å²) in [5.74, 6) is 0. The maximum absolute atomic E-state index is 4.63. The second-order valence-corrected chi connectivity index (χ2v) is 8.30. The topological polar surface area (TPSA) is 29.9 Å². The van der Waals surface area contributed by atoms with E-state index in [0.717, 1.165) is 13.0 Å². The van der Waals surface area contributed by atoms with Crippen LogP contribution in [0.4, 0.5) is 0 Å². The van der Waals surface area contributed by atoms with Gasteiger partial charge in [0.2, 0.25) is 0 Å². The first-order valence-electron chi connectivity index (χ1n) is 7.57. The summed E-state index contributed by atoms with van der Waals surface area (Å²) in [6, 6.07) is 4.91. The molecule has 0 spiro atoms. The van der Waals surface area contributed by atoms with Gasteiger partial charge in [0.25, 0.3) is 0 Å². The van der Waals surface area contributed by atoms with E-state index in [1.54, 1.807) is 0 Å². The molecule has 1 N–H and O–H groups in total. The summed E-state index contributed by atoms with van der Waals surface area (Å²) in [5, 5.41) is 8.26. The molecule has 0 aliphatic rings. The normalized spacial score (nSPS) is 13.6. The van der Waals surface area contributed by atoms with Crippen LogP contribution in [0, 0.1) is 6.92 Å². The van der Waals surface area contributed by atoms with E-state index in [1.165, 1.54) is 21.0 Å². The van der Waals surface area contributed by atoms with E-state index in [0.29, 0.717) is 6.04 Å². The Hall–Kier alpha value is -1.13. The Morgan fingerprint density at radius 3 is 2.62 bits per heavy atom. The molecule has 0 saturated carbocycles. The molecule has 1 atom stereocenters. The molecule has 2 aromatic rings. The van der Waals surface area contributed by atoms with E-state index in [2.05, 4.69) is 63.4 Å². The Bertz CT molecular complexity index is 589. The molecule has 0 aliphatic carbocycles. The summed E-state index contributed by atoms with van der Waals surface area (Å²) < 4.78 is 1.92. The van der Waals surface area contributed by atoms with Gasteiger partial charge >= 0.3 is 0 Å². The van der Waals surface area contributed by atoms with Crippen LogP contribution < -0.4 is 5.32 Å². The second kappa shape index (κ2) is 6.32. The lowest BCUT2D eigenvalue weighted by atomic mass is 9.89. The minimum absolute atomic E-state index is 0.0897. The summed E-state index contributed by atoms with van der Waals surface area (Å²) in [6.45, 7) is 12.0. The molecule has 2 rings (SSSR count). The highest BCUT2D eigenvalue weighted by atomic mass is 32.1. The molecule has 0 aliphatic heterocycles. The number of aryl methyl sites for hydroxylation is 2. The van der Waals surface area contributed by atoms with Crippen LogP contribution in [0.1, 0.15) is 48.7 Å². The van der Waals surface area contributed by atoms with Crippen LogP contribution in [0.15, 0.2) is 18.3 Å². The van der Waals surface area contributed by atoms with Crippen molar-refractivity contribution in [2.75, 3.05) is 0 Å². The molecule has 0 bridgehead atoms. The maximum Gasteiger partial charge on any atom is 0.0722 e. The lowest BCUT2D eigenvalue weighted by Crippen LogP contribution is -2.28. The van der Waals surface area contributed by atoms with Crippen molar-refractivity contribution in [2.24, 2.45) is 7.05 Å². The molecule has 4 heteroatoms. The number of nitrogens with one attached hydrogen (secondary N) is 1. The van der Waals surface area contributed by atoms with Gasteiger partial charge in [0.15, 0.2) is 0 Å². The number of thiophene rings is 1. The molecule has 3 nitrogen and oxygen atoms in total. The Labute approximate surface area is 132 Å². The molecule has 0 amide bonds. The SMILES string of the molecule is Cc1ccc(CC(C)NCc2cn(C)nc2C(C)(C)C)s1. The van der Waals surface area contributed by atoms with Gasteiger partial charge in [0.1, 0.15) is 0 Å². The fourth-order valence-electron chi connectivity index (χ4n) is 2.55. The summed E-state index contributed by atoms with van der Waals surface area (Å²) in [4.78, 5) is 2.84. The zero-order valence-electron chi connectivity index (χ0n) is 14.0. The standard InChI is InChI=1S/C17H27N3S/c1-12(9-15-8-7-13(2)21-15)18-10-14-11-20(6)19-16(14)17(3,4)5/h7-8,11-12,18H,9-10H2,1-6H3. The first-order chi connectivity index (χ1) is 9.75. The van der Waals surface area contributed by atoms with Gasteiger partial charge in [-0.05, 0) is 32.4 Å². The van der Waals surface area contributed by atoms with Gasteiger partial charge in [-0.3, -0.25) is 4.68 Å². The second-order valence-electron chi connectivity index (χ2n) is 6.93. The van der Waals surface area contributed by atoms with Crippen LogP contribution in [0.2, 0.25) is 0 Å². The monoisotopic (exact) mass is 305 g/mol. The average Bonchev–Trinajstić information content (AvgIpc) is 2.92. The molecule has 116 valence electrons. The molecule has 0 fully saturated rings. The van der Waals surface area contributed by atoms with Gasteiger partial charge in [0, 0.05) is 46.6 Å². The van der Waals surface area contributed by atoms with Crippen LogP contribution >= 0.6 is 11.3 Å². The van der Waals surface area contributed by atoms with Crippen LogP contribution in [-0.4, -0.2) is 15.8 Å². The molecule has 0 aromatic carbocycles. The van der Waals surface area contributed by atoms with Crippen LogP contribution in [0.25, 0.3) is 0 Å². The maximum atomic E-state index is 4.63. The lowest BCUT2D eigenvalue weighted by Gasteiger charge is -2.19. The summed E-state index contributed by atoms with van der Waals surface area (Å²) >= 11 is 1.89. The Morgan fingerprint density at radius 2 is 2.05 bits per heavy atom. The molecule has 21 heavy (non-hydrogen) atoms. The first-order valence-corrected chi connectivity index (χ1v) is 8.39. The first kappa shape index (κ1) is 16.2. The van der Waals surface area contributed by atoms with Crippen molar-refractivity contribution in [1.82, 2.24) is 15.1 Å². The molecular weight excluding hydrogens is 278 g/mol. The van der Waals surface area contributed by atoms with Crippen LogP contribution in [0.3, 0.4) is 0 Å². The lowest BCUT2D eigenvalue weighted by molar-refractivity contribution is 0.522. The zero-order chi connectivity index (χ0) is 15.6. The van der Waals surface area contributed by atoms with Crippen molar-refractivity contribution < 1.29 is 0 Å². The number of rotatable bonds is 5. The smallest absolute Gasteiger partial charge is 0.0722 e. The number of nitrogens with zero attached hydrogens (tertiary/aromatic N) is 2. The highest BCUT2D eigenvalue weighted by Crippen LogP contribution is 2.24. The fraction of sp³-hybridized carbons (Fsp3) is 0.588. The highest BCUT2D eigenvalue weighted by Gasteiger charge is 2.21. The molecule has 2 aromatic heterocycles. The van der Waals surface area contributed by atoms with Gasteiger partial charge in [-0.2, -0.15) is 5.10 Å². The Morgan fingerprint density at radius 1 is 1.33 bits per heavy atom. The molecular formula is C17H27N3S. The quantitative estimate of drug-likeness (QED) is 0.910. The Kier molecular flexibility index (Phi) is 4.89. The third kappa shape index (κ3) is 4.42. The summed E-state index contributed by atoms with van der Waals surface area (Å²) in [7, 11) is 2.00. The van der Waals surface area contributed by atoms with Gasteiger partial charge in [-0.1, -0.05) is 20.8 Å². The van der Waals surface area contributed by atoms with Crippen LogP contribution in [-0.2, 0) is 25.4 Å². The molecule has 0 radical (unpaired) electrons. The minimum atomic E-state index is 0.0897. The Balaban J connectivity index is 1.96. The molecule has 2 heterocycles. The van der Waals surface area contributed by atoms with Crippen LogP contribution in [0.5, 0.6) is 0 Å². The van der Waals surface area contributed by atoms with Crippen molar-refractivity contribution in [3.05, 3.63) is 39.3 Å². The number of hydrogen-bond acceptors (Lipinski definition) is 3. The summed E-state index contributed by atoms with van der Waals surface area (Å²) in [6.07, 6.45) is 3.22. The van der Waals surface area contributed by atoms with Crippen molar-refractivity contribution in [3.63, 3.8) is 0 Å². The molecule has 0 saturated heterocycles. The van der Waals surface area contributed by atoms with E-state index in [4.69, 9.17) is 0 Å². The minimum Gasteiger partial charge on any atom is -0.310 e. The number of aromatic nitrogens is 2. The van der Waals surface area contributed by atoms with Crippen molar-refractivity contribution in [2.45, 2.75) is 59.0 Å². The highest BCUT2D eigenvalue weighted by molar-refractivity contribution is 7.11. The number of hydrogen-bond donors (Lipinski definition) is 1. The fourth-order valence-corrected chi connectivity index (χ4v) is 3.57. The van der Waals surface area contributed by atoms with E-state index in [9.17, 15) is 0 Å². The molecule has 1 unspecified atom stereocenters. The van der Waals surface area contributed by atoms with Gasteiger partial charge in [-0.15, -0.1) is 11.3 Å². The van der Waals surface area contributed by atoms with E-state index in [1.807, 2.05) is 23.1 Å².